The number of hydrogen-bond donors (Lipinski definition) is 2. The third-order valence-corrected chi connectivity index (χ3v) is 3.74. The molecule has 1 atom stereocenters. The van der Waals surface area contributed by atoms with E-state index in [1.54, 1.807) is 16.8 Å². The Balaban J connectivity index is 2.15. The summed E-state index contributed by atoms with van der Waals surface area (Å²) < 4.78 is 2.28. The standard InChI is InChI=1S/C14H16BrN3O2/c1-8(11-7-18(3)17-9(11)2)16-14(20)10-4-5-12(15)13(19)6-10/h4-8,19H,1-3H3,(H,16,20)/t8-/m1/s1. The molecule has 1 aromatic heterocycles. The molecule has 1 amide bonds. The molecule has 0 bridgehead atoms. The van der Waals surface area contributed by atoms with Crippen LogP contribution >= 0.6 is 15.9 Å². The number of hydrogen-bond acceptors (Lipinski definition) is 3. The molecule has 20 heavy (non-hydrogen) atoms. The molecule has 5 nitrogen and oxygen atoms in total. The Hall–Kier alpha value is -1.82. The van der Waals surface area contributed by atoms with Crippen LogP contribution in [0.15, 0.2) is 28.9 Å². The summed E-state index contributed by atoms with van der Waals surface area (Å²) in [6, 6.07) is 4.58. The number of phenols is 1. The zero-order valence-corrected chi connectivity index (χ0v) is 13.1. The van der Waals surface area contributed by atoms with E-state index < -0.39 is 0 Å². The van der Waals surface area contributed by atoms with Crippen LogP contribution < -0.4 is 5.32 Å². The number of nitrogens with zero attached hydrogens (tertiary/aromatic N) is 2. The van der Waals surface area contributed by atoms with E-state index in [0.717, 1.165) is 11.3 Å². The molecule has 6 heteroatoms. The fraction of sp³-hybridized carbons (Fsp3) is 0.286. The first kappa shape index (κ1) is 14.6. The predicted octanol–water partition coefficient (Wildman–Crippen LogP) is 2.69. The van der Waals surface area contributed by atoms with Crippen LogP contribution in [0.1, 0.15) is 34.6 Å². The van der Waals surface area contributed by atoms with Crippen LogP contribution in [0.3, 0.4) is 0 Å². The summed E-state index contributed by atoms with van der Waals surface area (Å²) in [5, 5.41) is 16.8. The lowest BCUT2D eigenvalue weighted by Gasteiger charge is -2.13. The van der Waals surface area contributed by atoms with Crippen molar-refractivity contribution in [2.24, 2.45) is 7.05 Å². The summed E-state index contributed by atoms with van der Waals surface area (Å²) in [7, 11) is 1.85. The highest BCUT2D eigenvalue weighted by atomic mass is 79.9. The zero-order valence-electron chi connectivity index (χ0n) is 11.5. The van der Waals surface area contributed by atoms with Crippen LogP contribution in [-0.2, 0) is 7.05 Å². The van der Waals surface area contributed by atoms with Crippen molar-refractivity contribution in [1.82, 2.24) is 15.1 Å². The molecule has 0 unspecified atom stereocenters. The van der Waals surface area contributed by atoms with Crippen molar-refractivity contribution in [3.63, 3.8) is 0 Å². The van der Waals surface area contributed by atoms with Gasteiger partial charge in [0, 0.05) is 24.4 Å². The number of benzene rings is 1. The van der Waals surface area contributed by atoms with Crippen LogP contribution in [0.4, 0.5) is 0 Å². The molecule has 0 spiro atoms. The number of rotatable bonds is 3. The molecule has 2 N–H and O–H groups in total. The maximum absolute atomic E-state index is 12.1. The summed E-state index contributed by atoms with van der Waals surface area (Å²) >= 11 is 3.19. The largest absolute Gasteiger partial charge is 0.507 e. The Bertz CT molecular complexity index is 652. The molecule has 0 saturated heterocycles. The number of phenolic OH excluding ortho intramolecular Hbond substituents is 1. The van der Waals surface area contributed by atoms with E-state index in [1.807, 2.05) is 27.1 Å². The van der Waals surface area contributed by atoms with Gasteiger partial charge in [-0.25, -0.2) is 0 Å². The minimum atomic E-state index is -0.233. The van der Waals surface area contributed by atoms with Crippen molar-refractivity contribution >= 4 is 21.8 Å². The average molecular weight is 338 g/mol. The number of amides is 1. The fourth-order valence-corrected chi connectivity index (χ4v) is 2.30. The monoisotopic (exact) mass is 337 g/mol. The molecule has 1 aromatic carbocycles. The van der Waals surface area contributed by atoms with E-state index in [0.29, 0.717) is 10.0 Å². The van der Waals surface area contributed by atoms with E-state index in [9.17, 15) is 9.90 Å². The summed E-state index contributed by atoms with van der Waals surface area (Å²) in [5.41, 5.74) is 2.28. The summed E-state index contributed by atoms with van der Waals surface area (Å²) in [6.07, 6.45) is 1.89. The van der Waals surface area contributed by atoms with Gasteiger partial charge in [0.1, 0.15) is 5.75 Å². The average Bonchev–Trinajstić information content (AvgIpc) is 2.71. The molecule has 1 heterocycles. The topological polar surface area (TPSA) is 67.2 Å². The third kappa shape index (κ3) is 3.01. The minimum Gasteiger partial charge on any atom is -0.507 e. The van der Waals surface area contributed by atoms with Gasteiger partial charge in [-0.1, -0.05) is 0 Å². The Kier molecular flexibility index (Phi) is 4.13. The number of aromatic nitrogens is 2. The lowest BCUT2D eigenvalue weighted by Crippen LogP contribution is -2.26. The minimum absolute atomic E-state index is 0.0443. The summed E-state index contributed by atoms with van der Waals surface area (Å²) in [6.45, 7) is 3.81. The van der Waals surface area contributed by atoms with Gasteiger partial charge in [-0.2, -0.15) is 5.10 Å². The molecule has 0 radical (unpaired) electrons. The first-order valence-electron chi connectivity index (χ1n) is 6.18. The van der Waals surface area contributed by atoms with Crippen LogP contribution in [0.5, 0.6) is 5.75 Å². The molecular formula is C14H16BrN3O2. The van der Waals surface area contributed by atoms with Gasteiger partial charge < -0.3 is 10.4 Å². The molecule has 0 aliphatic carbocycles. The van der Waals surface area contributed by atoms with Gasteiger partial charge in [0.2, 0.25) is 0 Å². The highest BCUT2D eigenvalue weighted by Crippen LogP contribution is 2.24. The van der Waals surface area contributed by atoms with Crippen molar-refractivity contribution in [2.75, 3.05) is 0 Å². The summed E-state index contributed by atoms with van der Waals surface area (Å²) in [5.74, 6) is -0.189. The Morgan fingerprint density at radius 2 is 2.20 bits per heavy atom. The number of aryl methyl sites for hydroxylation is 2. The molecular weight excluding hydrogens is 322 g/mol. The highest BCUT2D eigenvalue weighted by molar-refractivity contribution is 9.10. The third-order valence-electron chi connectivity index (χ3n) is 3.07. The normalized spacial score (nSPS) is 12.2. The van der Waals surface area contributed by atoms with Crippen molar-refractivity contribution in [3.05, 3.63) is 45.7 Å². The second kappa shape index (κ2) is 5.66. The zero-order chi connectivity index (χ0) is 14.9. The van der Waals surface area contributed by atoms with Gasteiger partial charge in [-0.3, -0.25) is 9.48 Å². The lowest BCUT2D eigenvalue weighted by atomic mass is 10.1. The van der Waals surface area contributed by atoms with E-state index in [1.165, 1.54) is 6.07 Å². The first-order chi connectivity index (χ1) is 9.38. The van der Waals surface area contributed by atoms with Gasteiger partial charge in [-0.05, 0) is 48.0 Å². The molecule has 0 aliphatic heterocycles. The number of halogens is 1. The second-order valence-corrected chi connectivity index (χ2v) is 5.56. The first-order valence-corrected chi connectivity index (χ1v) is 6.97. The van der Waals surface area contributed by atoms with Crippen LogP contribution in [0.25, 0.3) is 0 Å². The van der Waals surface area contributed by atoms with E-state index in [-0.39, 0.29) is 17.7 Å². The van der Waals surface area contributed by atoms with Crippen LogP contribution in [0, 0.1) is 6.92 Å². The Morgan fingerprint density at radius 1 is 1.50 bits per heavy atom. The number of carbonyl (C=O) groups excluding carboxylic acids is 1. The molecule has 0 aliphatic rings. The van der Waals surface area contributed by atoms with Crippen molar-refractivity contribution in [3.8, 4) is 5.75 Å². The second-order valence-electron chi connectivity index (χ2n) is 4.70. The van der Waals surface area contributed by atoms with Crippen molar-refractivity contribution in [1.29, 1.82) is 0 Å². The Labute approximate surface area is 125 Å². The molecule has 2 rings (SSSR count). The summed E-state index contributed by atoms with van der Waals surface area (Å²) in [4.78, 5) is 12.1. The highest BCUT2D eigenvalue weighted by Gasteiger charge is 2.16. The fourth-order valence-electron chi connectivity index (χ4n) is 2.05. The van der Waals surface area contributed by atoms with E-state index in [2.05, 4.69) is 26.3 Å². The SMILES string of the molecule is Cc1nn(C)cc1[C@@H](C)NC(=O)c1ccc(Br)c(O)c1. The number of carbonyl (C=O) groups is 1. The van der Waals surface area contributed by atoms with E-state index in [4.69, 9.17) is 0 Å². The molecule has 0 fully saturated rings. The van der Waals surface area contributed by atoms with Gasteiger partial charge in [0.05, 0.1) is 16.2 Å². The van der Waals surface area contributed by atoms with Gasteiger partial charge >= 0.3 is 0 Å². The van der Waals surface area contributed by atoms with Crippen molar-refractivity contribution in [2.45, 2.75) is 19.9 Å². The maximum Gasteiger partial charge on any atom is 0.251 e. The predicted molar refractivity (Wildman–Crippen MR) is 79.6 cm³/mol. The quantitative estimate of drug-likeness (QED) is 0.904. The molecule has 0 saturated carbocycles. The van der Waals surface area contributed by atoms with Gasteiger partial charge in [0.15, 0.2) is 0 Å². The van der Waals surface area contributed by atoms with Crippen LogP contribution in [0.2, 0.25) is 0 Å². The smallest absolute Gasteiger partial charge is 0.251 e. The van der Waals surface area contributed by atoms with Crippen LogP contribution in [-0.4, -0.2) is 20.8 Å². The lowest BCUT2D eigenvalue weighted by molar-refractivity contribution is 0.0939. The molecule has 2 aromatic rings. The Morgan fingerprint density at radius 3 is 2.75 bits per heavy atom. The number of nitrogens with one attached hydrogen (secondary N) is 1. The van der Waals surface area contributed by atoms with Gasteiger partial charge in [-0.15, -0.1) is 0 Å². The van der Waals surface area contributed by atoms with Crippen molar-refractivity contribution < 1.29 is 9.90 Å². The molecule has 106 valence electrons. The van der Waals surface area contributed by atoms with Gasteiger partial charge in [0.25, 0.3) is 5.91 Å². The number of aromatic hydroxyl groups is 1. The van der Waals surface area contributed by atoms with E-state index >= 15 is 0 Å². The maximum atomic E-state index is 12.1.